The van der Waals surface area contributed by atoms with Crippen LogP contribution in [0.15, 0.2) is 53.8 Å². The minimum absolute atomic E-state index is 0.0973. The van der Waals surface area contributed by atoms with Gasteiger partial charge in [0.1, 0.15) is 5.76 Å². The maximum atomic E-state index is 12.3. The van der Waals surface area contributed by atoms with Crippen LogP contribution in [0.2, 0.25) is 0 Å². The first-order valence-electron chi connectivity index (χ1n) is 6.38. The van der Waals surface area contributed by atoms with Crippen LogP contribution in [0.1, 0.15) is 30.1 Å². The van der Waals surface area contributed by atoms with Gasteiger partial charge >= 0.3 is 0 Å². The van der Waals surface area contributed by atoms with E-state index < -0.39 is 5.60 Å². The van der Waals surface area contributed by atoms with E-state index in [1.807, 2.05) is 31.2 Å². The minimum Gasteiger partial charge on any atom is -0.511 e. The summed E-state index contributed by atoms with van der Waals surface area (Å²) < 4.78 is 5.44. The highest BCUT2D eigenvalue weighted by Crippen LogP contribution is 2.32. The van der Waals surface area contributed by atoms with Crippen LogP contribution in [0.5, 0.6) is 0 Å². The second-order valence-corrected chi connectivity index (χ2v) is 4.69. The van der Waals surface area contributed by atoms with E-state index in [0.29, 0.717) is 17.6 Å². The number of allylic oxidation sites excluding steroid dienone is 2. The number of carbonyl (C=O) groups is 1. The Morgan fingerprint density at radius 2 is 2.05 bits per heavy atom. The molecule has 0 radical (unpaired) electrons. The smallest absolute Gasteiger partial charge is 0.196 e. The first-order valence-corrected chi connectivity index (χ1v) is 6.38. The number of ketones is 1. The van der Waals surface area contributed by atoms with Gasteiger partial charge in [0.25, 0.3) is 0 Å². The van der Waals surface area contributed by atoms with Gasteiger partial charge in [-0.25, -0.2) is 0 Å². The van der Waals surface area contributed by atoms with Gasteiger partial charge in [0, 0.05) is 19.1 Å². The van der Waals surface area contributed by atoms with Crippen molar-refractivity contribution < 1.29 is 14.6 Å². The fourth-order valence-corrected chi connectivity index (χ4v) is 2.25. The lowest BCUT2D eigenvalue weighted by atomic mass is 9.86. The van der Waals surface area contributed by atoms with Crippen LogP contribution in [0.25, 0.3) is 0 Å². The molecule has 0 bridgehead atoms. The van der Waals surface area contributed by atoms with Gasteiger partial charge in [-0.05, 0) is 12.5 Å². The molecule has 0 spiro atoms. The highest BCUT2D eigenvalue weighted by molar-refractivity contribution is 6.11. The maximum Gasteiger partial charge on any atom is 0.196 e. The van der Waals surface area contributed by atoms with Gasteiger partial charge in [-0.3, -0.25) is 4.79 Å². The van der Waals surface area contributed by atoms with Crippen LogP contribution < -0.4 is 0 Å². The van der Waals surface area contributed by atoms with Crippen LogP contribution in [0.4, 0.5) is 0 Å². The summed E-state index contributed by atoms with van der Waals surface area (Å²) >= 11 is 0. The summed E-state index contributed by atoms with van der Waals surface area (Å²) in [5, 5.41) is 10.1. The highest BCUT2D eigenvalue weighted by Gasteiger charge is 2.32. The lowest BCUT2D eigenvalue weighted by Gasteiger charge is -2.31. The summed E-state index contributed by atoms with van der Waals surface area (Å²) in [6.07, 6.45) is 4.62. The molecular formula is C16H18O3. The van der Waals surface area contributed by atoms with Crippen LogP contribution in [0, 0.1) is 0 Å². The van der Waals surface area contributed by atoms with E-state index in [2.05, 4.69) is 0 Å². The van der Waals surface area contributed by atoms with Gasteiger partial charge in [0.15, 0.2) is 5.78 Å². The topological polar surface area (TPSA) is 46.5 Å². The van der Waals surface area contributed by atoms with E-state index in [0.717, 1.165) is 6.42 Å². The monoisotopic (exact) mass is 258 g/mol. The van der Waals surface area contributed by atoms with E-state index >= 15 is 0 Å². The summed E-state index contributed by atoms with van der Waals surface area (Å²) in [5.41, 5.74) is 0.437. The van der Waals surface area contributed by atoms with Crippen molar-refractivity contribution in [1.29, 1.82) is 0 Å². The van der Waals surface area contributed by atoms with Gasteiger partial charge in [-0.15, -0.1) is 0 Å². The Morgan fingerprint density at radius 1 is 1.37 bits per heavy atom. The van der Waals surface area contributed by atoms with E-state index in [1.54, 1.807) is 25.3 Å². The SMILES string of the molecule is CCC1(OC)C=CC(C(=O)c2ccccc2)=C(O)C1. The van der Waals surface area contributed by atoms with Crippen molar-refractivity contribution in [2.75, 3.05) is 7.11 Å². The third-order valence-electron chi connectivity index (χ3n) is 3.62. The van der Waals surface area contributed by atoms with Gasteiger partial charge in [0.2, 0.25) is 0 Å². The number of hydrogen-bond donors (Lipinski definition) is 1. The molecule has 0 fully saturated rings. The molecule has 0 saturated heterocycles. The van der Waals surface area contributed by atoms with Crippen molar-refractivity contribution in [3.8, 4) is 0 Å². The van der Waals surface area contributed by atoms with Gasteiger partial charge in [-0.2, -0.15) is 0 Å². The fourth-order valence-electron chi connectivity index (χ4n) is 2.25. The molecule has 1 N–H and O–H groups in total. The number of hydrogen-bond acceptors (Lipinski definition) is 3. The lowest BCUT2D eigenvalue weighted by molar-refractivity contribution is 0.0193. The third-order valence-corrected chi connectivity index (χ3v) is 3.62. The molecule has 2 rings (SSSR count). The summed E-state index contributed by atoms with van der Waals surface area (Å²) in [5.74, 6) is -0.0600. The van der Waals surface area contributed by atoms with E-state index in [1.165, 1.54) is 0 Å². The predicted octanol–water partition coefficient (Wildman–Crippen LogP) is 3.44. The van der Waals surface area contributed by atoms with Crippen molar-refractivity contribution in [2.45, 2.75) is 25.4 Å². The number of benzene rings is 1. The third kappa shape index (κ3) is 2.61. The van der Waals surface area contributed by atoms with E-state index in [4.69, 9.17) is 4.74 Å². The van der Waals surface area contributed by atoms with Crippen molar-refractivity contribution in [3.63, 3.8) is 0 Å². The quantitative estimate of drug-likeness (QED) is 0.841. The molecule has 0 heterocycles. The number of ether oxygens (including phenoxy) is 1. The average Bonchev–Trinajstić information content (AvgIpc) is 2.47. The highest BCUT2D eigenvalue weighted by atomic mass is 16.5. The Balaban J connectivity index is 2.29. The first-order chi connectivity index (χ1) is 9.12. The van der Waals surface area contributed by atoms with Crippen LogP contribution >= 0.6 is 0 Å². The number of methoxy groups -OCH3 is 1. The summed E-state index contributed by atoms with van der Waals surface area (Å²) in [6.45, 7) is 1.99. The van der Waals surface area contributed by atoms with E-state index in [9.17, 15) is 9.90 Å². The van der Waals surface area contributed by atoms with Crippen molar-refractivity contribution in [3.05, 3.63) is 59.4 Å². The maximum absolute atomic E-state index is 12.3. The Labute approximate surface area is 113 Å². The Hall–Kier alpha value is -1.87. The zero-order valence-electron chi connectivity index (χ0n) is 11.2. The largest absolute Gasteiger partial charge is 0.511 e. The molecule has 100 valence electrons. The minimum atomic E-state index is -0.495. The van der Waals surface area contributed by atoms with Crippen molar-refractivity contribution in [1.82, 2.24) is 0 Å². The Morgan fingerprint density at radius 3 is 2.58 bits per heavy atom. The van der Waals surface area contributed by atoms with Crippen molar-refractivity contribution in [2.24, 2.45) is 0 Å². The van der Waals surface area contributed by atoms with Crippen LogP contribution in [0.3, 0.4) is 0 Å². The zero-order valence-corrected chi connectivity index (χ0v) is 11.2. The Bertz CT molecular complexity index is 522. The molecule has 3 nitrogen and oxygen atoms in total. The fraction of sp³-hybridized carbons (Fsp3) is 0.312. The molecule has 0 amide bonds. The molecule has 1 aliphatic carbocycles. The number of aliphatic hydroxyl groups excluding tert-OH is 1. The number of rotatable bonds is 4. The van der Waals surface area contributed by atoms with Crippen LogP contribution in [-0.2, 0) is 4.74 Å². The second kappa shape index (κ2) is 5.41. The number of Topliss-reactive ketones (excluding diaryl/α,β-unsaturated/α-hetero) is 1. The standard InChI is InChI=1S/C16H18O3/c1-3-16(19-2)10-9-13(14(17)11-16)15(18)12-7-5-4-6-8-12/h4-10,17H,3,11H2,1-2H3. The molecule has 0 aromatic heterocycles. The molecule has 0 aliphatic heterocycles. The van der Waals surface area contributed by atoms with Gasteiger partial charge in [-0.1, -0.05) is 43.3 Å². The lowest BCUT2D eigenvalue weighted by Crippen LogP contribution is -2.31. The van der Waals surface area contributed by atoms with Gasteiger partial charge in [0.05, 0.1) is 11.2 Å². The Kier molecular flexibility index (Phi) is 3.86. The number of aliphatic hydroxyl groups is 1. The normalized spacial score (nSPS) is 22.6. The molecule has 1 atom stereocenters. The summed E-state index contributed by atoms with van der Waals surface area (Å²) in [7, 11) is 1.62. The molecule has 1 aliphatic rings. The van der Waals surface area contributed by atoms with Crippen molar-refractivity contribution >= 4 is 5.78 Å². The van der Waals surface area contributed by atoms with E-state index in [-0.39, 0.29) is 11.5 Å². The zero-order chi connectivity index (χ0) is 13.9. The first kappa shape index (κ1) is 13.6. The summed E-state index contributed by atoms with van der Waals surface area (Å²) in [4.78, 5) is 12.3. The molecule has 3 heteroatoms. The molecular weight excluding hydrogens is 240 g/mol. The van der Waals surface area contributed by atoms with Crippen LogP contribution in [-0.4, -0.2) is 23.6 Å². The molecule has 1 aromatic carbocycles. The summed E-state index contributed by atoms with van der Waals surface area (Å²) in [6, 6.07) is 8.96. The average molecular weight is 258 g/mol. The predicted molar refractivity (Wildman–Crippen MR) is 74.2 cm³/mol. The molecule has 0 saturated carbocycles. The molecule has 1 unspecified atom stereocenters. The number of carbonyl (C=O) groups excluding carboxylic acids is 1. The second-order valence-electron chi connectivity index (χ2n) is 4.69. The molecule has 19 heavy (non-hydrogen) atoms. The molecule has 1 aromatic rings. The van der Waals surface area contributed by atoms with Gasteiger partial charge < -0.3 is 9.84 Å².